The maximum absolute atomic E-state index is 14.1. The molecule has 1 N–H and O–H groups in total. The number of fused-ring (bicyclic) bond motifs is 1. The van der Waals surface area contributed by atoms with Crippen LogP contribution >= 0.6 is 12.2 Å². The van der Waals surface area contributed by atoms with Crippen LogP contribution in [0.3, 0.4) is 0 Å². The Kier molecular flexibility index (Phi) is 3.24. The molecule has 112 valence electrons. The van der Waals surface area contributed by atoms with Gasteiger partial charge in [-0.2, -0.15) is 5.10 Å². The molecule has 4 nitrogen and oxygen atoms in total. The first-order valence-electron chi connectivity index (χ1n) is 7.00. The smallest absolute Gasteiger partial charge is 0.200 e. The third kappa shape index (κ3) is 2.33. The van der Waals surface area contributed by atoms with Gasteiger partial charge in [-0.1, -0.05) is 30.3 Å². The number of aromatic amines is 1. The van der Waals surface area contributed by atoms with Gasteiger partial charge < -0.3 is 0 Å². The number of nitrogens with one attached hydrogen (secondary N) is 1. The zero-order chi connectivity index (χ0) is 15.8. The first kappa shape index (κ1) is 13.8. The van der Waals surface area contributed by atoms with Gasteiger partial charge in [-0.05, 0) is 41.2 Å². The van der Waals surface area contributed by atoms with E-state index in [-0.39, 0.29) is 0 Å². The van der Waals surface area contributed by atoms with Gasteiger partial charge in [0.2, 0.25) is 0 Å². The Morgan fingerprint density at radius 2 is 1.87 bits per heavy atom. The second-order valence-corrected chi connectivity index (χ2v) is 5.46. The van der Waals surface area contributed by atoms with Crippen LogP contribution in [0.4, 0.5) is 4.39 Å². The molecular weight excluding hydrogens is 311 g/mol. The van der Waals surface area contributed by atoms with Gasteiger partial charge in [0.25, 0.3) is 0 Å². The monoisotopic (exact) mass is 322 g/mol. The number of rotatable bonds is 2. The number of hydrogen-bond donors (Lipinski definition) is 1. The average Bonchev–Trinajstić information content (AvgIpc) is 2.96. The van der Waals surface area contributed by atoms with E-state index in [2.05, 4.69) is 15.2 Å². The predicted molar refractivity (Wildman–Crippen MR) is 89.4 cm³/mol. The fourth-order valence-corrected chi connectivity index (χ4v) is 2.83. The fraction of sp³-hybridized carbons (Fsp3) is 0. The topological polar surface area (TPSA) is 46.5 Å². The van der Waals surface area contributed by atoms with Crippen molar-refractivity contribution < 1.29 is 4.39 Å². The van der Waals surface area contributed by atoms with Crippen LogP contribution in [0, 0.1) is 10.6 Å². The lowest BCUT2D eigenvalue weighted by atomic mass is 10.1. The van der Waals surface area contributed by atoms with Gasteiger partial charge >= 0.3 is 0 Å². The van der Waals surface area contributed by atoms with Crippen molar-refractivity contribution in [2.45, 2.75) is 0 Å². The molecule has 2 aromatic heterocycles. The molecule has 0 fully saturated rings. The molecule has 4 aromatic rings. The summed E-state index contributed by atoms with van der Waals surface area (Å²) in [5, 5.41) is 9.13. The van der Waals surface area contributed by atoms with Crippen LogP contribution in [0.5, 0.6) is 0 Å². The molecule has 6 heteroatoms. The summed E-state index contributed by atoms with van der Waals surface area (Å²) in [7, 11) is 0. The maximum Gasteiger partial charge on any atom is 0.200 e. The molecule has 0 radical (unpaired) electrons. The molecule has 0 atom stereocenters. The third-order valence-corrected chi connectivity index (χ3v) is 3.95. The van der Waals surface area contributed by atoms with Gasteiger partial charge in [0.15, 0.2) is 16.4 Å². The molecule has 0 aliphatic heterocycles. The SMILES string of the molecule is Fc1cnccc1-c1n[nH]c(=S)n1-c1ccc2ccccc2c1. The molecule has 0 aliphatic carbocycles. The largest absolute Gasteiger partial charge is 0.268 e. The zero-order valence-electron chi connectivity index (χ0n) is 11.9. The first-order valence-corrected chi connectivity index (χ1v) is 7.41. The minimum absolute atomic E-state index is 0.348. The van der Waals surface area contributed by atoms with E-state index in [1.165, 1.54) is 6.20 Å². The lowest BCUT2D eigenvalue weighted by molar-refractivity contribution is 0.623. The van der Waals surface area contributed by atoms with E-state index in [9.17, 15) is 4.39 Å². The quantitative estimate of drug-likeness (QED) is 0.560. The van der Waals surface area contributed by atoms with E-state index < -0.39 is 5.82 Å². The first-order chi connectivity index (χ1) is 11.2. The molecule has 0 saturated heterocycles. The number of aromatic nitrogens is 4. The molecule has 0 spiro atoms. The van der Waals surface area contributed by atoms with Crippen LogP contribution < -0.4 is 0 Å². The summed E-state index contributed by atoms with van der Waals surface area (Å²) in [5.74, 6) is -0.0197. The van der Waals surface area contributed by atoms with E-state index in [0.717, 1.165) is 22.7 Å². The predicted octanol–water partition coefficient (Wildman–Crippen LogP) is 4.28. The minimum atomic E-state index is -0.441. The van der Waals surface area contributed by atoms with Crippen LogP contribution in [-0.2, 0) is 0 Å². The van der Waals surface area contributed by atoms with Crippen molar-refractivity contribution in [3.05, 3.63) is 71.5 Å². The van der Waals surface area contributed by atoms with Crippen LogP contribution in [0.25, 0.3) is 27.8 Å². The van der Waals surface area contributed by atoms with Gasteiger partial charge in [0.1, 0.15) is 0 Å². The lowest BCUT2D eigenvalue weighted by Gasteiger charge is -2.08. The van der Waals surface area contributed by atoms with E-state index in [4.69, 9.17) is 12.2 Å². The number of pyridine rings is 1. The average molecular weight is 322 g/mol. The molecular formula is C17H11FN4S. The highest BCUT2D eigenvalue weighted by Gasteiger charge is 2.14. The second kappa shape index (κ2) is 5.40. The molecule has 0 aliphatic rings. The van der Waals surface area contributed by atoms with Crippen LogP contribution in [-0.4, -0.2) is 19.7 Å². The molecule has 2 heterocycles. The zero-order valence-corrected chi connectivity index (χ0v) is 12.7. The van der Waals surface area contributed by atoms with E-state index >= 15 is 0 Å². The van der Waals surface area contributed by atoms with Crippen molar-refractivity contribution in [3.63, 3.8) is 0 Å². The van der Waals surface area contributed by atoms with Crippen molar-refractivity contribution in [2.24, 2.45) is 0 Å². The van der Waals surface area contributed by atoms with Crippen LogP contribution in [0.1, 0.15) is 0 Å². The number of benzene rings is 2. The van der Waals surface area contributed by atoms with E-state index in [1.807, 2.05) is 42.5 Å². The Labute approximate surface area is 136 Å². The van der Waals surface area contributed by atoms with Crippen molar-refractivity contribution in [3.8, 4) is 17.1 Å². The molecule has 4 rings (SSSR count). The molecule has 0 saturated carbocycles. The van der Waals surface area contributed by atoms with Gasteiger partial charge in [0.05, 0.1) is 17.4 Å². The highest BCUT2D eigenvalue weighted by atomic mass is 32.1. The molecule has 23 heavy (non-hydrogen) atoms. The van der Waals surface area contributed by atoms with Gasteiger partial charge in [0, 0.05) is 6.20 Å². The van der Waals surface area contributed by atoms with Crippen molar-refractivity contribution >= 4 is 23.0 Å². The molecule has 0 unspecified atom stereocenters. The summed E-state index contributed by atoms with van der Waals surface area (Å²) in [6.45, 7) is 0. The Hall–Kier alpha value is -2.86. The van der Waals surface area contributed by atoms with E-state index in [1.54, 1.807) is 10.6 Å². The van der Waals surface area contributed by atoms with Crippen molar-refractivity contribution in [1.29, 1.82) is 0 Å². The van der Waals surface area contributed by atoms with E-state index in [0.29, 0.717) is 16.2 Å². The molecule has 0 bridgehead atoms. The summed E-state index contributed by atoms with van der Waals surface area (Å²) in [6, 6.07) is 15.6. The Morgan fingerprint density at radius 1 is 1.04 bits per heavy atom. The summed E-state index contributed by atoms with van der Waals surface area (Å²) in [4.78, 5) is 3.77. The summed E-state index contributed by atoms with van der Waals surface area (Å²) in [5.41, 5.74) is 1.18. The summed E-state index contributed by atoms with van der Waals surface area (Å²) in [6.07, 6.45) is 2.69. The molecule has 0 amide bonds. The fourth-order valence-electron chi connectivity index (χ4n) is 2.59. The molecule has 2 aromatic carbocycles. The Balaban J connectivity index is 1.97. The van der Waals surface area contributed by atoms with Crippen LogP contribution in [0.15, 0.2) is 60.9 Å². The Bertz CT molecular complexity index is 1070. The van der Waals surface area contributed by atoms with Crippen molar-refractivity contribution in [1.82, 2.24) is 19.7 Å². The Morgan fingerprint density at radius 3 is 2.70 bits per heavy atom. The summed E-state index contributed by atoms with van der Waals surface area (Å²) < 4.78 is 16.2. The van der Waals surface area contributed by atoms with Gasteiger partial charge in [-0.15, -0.1) is 0 Å². The highest BCUT2D eigenvalue weighted by molar-refractivity contribution is 7.71. The minimum Gasteiger partial charge on any atom is -0.268 e. The van der Waals surface area contributed by atoms with Gasteiger partial charge in [-0.25, -0.2) is 4.39 Å². The highest BCUT2D eigenvalue weighted by Crippen LogP contribution is 2.25. The maximum atomic E-state index is 14.1. The van der Waals surface area contributed by atoms with Gasteiger partial charge in [-0.3, -0.25) is 14.6 Å². The number of H-pyrrole nitrogens is 1. The van der Waals surface area contributed by atoms with Crippen LogP contribution in [0.2, 0.25) is 0 Å². The standard InChI is InChI=1S/C17H11FN4S/c18-15-10-19-8-7-14(15)16-20-21-17(23)22(16)13-6-5-11-3-1-2-4-12(11)9-13/h1-10H,(H,21,23). The normalized spacial score (nSPS) is 11.0. The number of nitrogens with zero attached hydrogens (tertiary/aromatic N) is 3. The number of hydrogen-bond acceptors (Lipinski definition) is 3. The number of halogens is 1. The third-order valence-electron chi connectivity index (χ3n) is 3.68. The lowest BCUT2D eigenvalue weighted by Crippen LogP contribution is -1.99. The summed E-state index contributed by atoms with van der Waals surface area (Å²) >= 11 is 5.33. The van der Waals surface area contributed by atoms with Crippen molar-refractivity contribution in [2.75, 3.05) is 0 Å². The second-order valence-electron chi connectivity index (χ2n) is 5.07.